The van der Waals surface area contributed by atoms with Gasteiger partial charge in [0, 0.05) is 19.3 Å². The van der Waals surface area contributed by atoms with E-state index in [9.17, 15) is 9.59 Å². The van der Waals surface area contributed by atoms with Crippen molar-refractivity contribution in [2.24, 2.45) is 5.92 Å². The van der Waals surface area contributed by atoms with Gasteiger partial charge in [-0.2, -0.15) is 0 Å². The second-order valence-corrected chi connectivity index (χ2v) is 5.78. The van der Waals surface area contributed by atoms with E-state index in [0.717, 1.165) is 31.5 Å². The summed E-state index contributed by atoms with van der Waals surface area (Å²) in [5.41, 5.74) is 1.04. The minimum absolute atomic E-state index is 0.220. The van der Waals surface area contributed by atoms with Crippen LogP contribution in [0.25, 0.3) is 0 Å². The number of carbonyl (C=O) groups excluding carboxylic acids is 2. The van der Waals surface area contributed by atoms with Crippen molar-refractivity contribution in [2.75, 3.05) is 20.1 Å². The standard InChI is InChI=1S/C17H23NO3/c1-13(19)21-16-5-3-4-14(12-16)6-7-17(20)15-8-10-18(2)11-9-15/h3-5,12,15H,6-11H2,1-2H3. The fraction of sp³-hybridized carbons (Fsp3) is 0.529. The van der Waals surface area contributed by atoms with E-state index in [4.69, 9.17) is 4.74 Å². The molecule has 4 nitrogen and oxygen atoms in total. The highest BCUT2D eigenvalue weighted by molar-refractivity contribution is 5.81. The maximum absolute atomic E-state index is 12.2. The van der Waals surface area contributed by atoms with Crippen molar-refractivity contribution >= 4 is 11.8 Å². The maximum Gasteiger partial charge on any atom is 0.308 e. The summed E-state index contributed by atoms with van der Waals surface area (Å²) < 4.78 is 5.06. The third-order valence-corrected chi connectivity index (χ3v) is 3.99. The Morgan fingerprint density at radius 1 is 1.29 bits per heavy atom. The Hall–Kier alpha value is -1.68. The SMILES string of the molecule is CC(=O)Oc1cccc(CCC(=O)C2CCN(C)CC2)c1. The summed E-state index contributed by atoms with van der Waals surface area (Å²) in [6.45, 7) is 3.41. The molecule has 1 aliphatic heterocycles. The first-order valence-corrected chi connectivity index (χ1v) is 7.53. The van der Waals surface area contributed by atoms with Crippen LogP contribution in [0.2, 0.25) is 0 Å². The molecule has 0 spiro atoms. The normalized spacial score (nSPS) is 16.7. The molecule has 2 rings (SSSR count). The maximum atomic E-state index is 12.2. The van der Waals surface area contributed by atoms with Crippen LogP contribution in [0.5, 0.6) is 5.75 Å². The molecule has 21 heavy (non-hydrogen) atoms. The van der Waals surface area contributed by atoms with Crippen LogP contribution in [-0.2, 0) is 16.0 Å². The predicted molar refractivity (Wildman–Crippen MR) is 81.3 cm³/mol. The second-order valence-electron chi connectivity index (χ2n) is 5.78. The molecule has 0 unspecified atom stereocenters. The zero-order valence-corrected chi connectivity index (χ0v) is 12.8. The average molecular weight is 289 g/mol. The number of nitrogens with zero attached hydrogens (tertiary/aromatic N) is 1. The molecular weight excluding hydrogens is 266 g/mol. The lowest BCUT2D eigenvalue weighted by Crippen LogP contribution is -2.33. The number of hydrogen-bond donors (Lipinski definition) is 0. The fourth-order valence-corrected chi connectivity index (χ4v) is 2.73. The van der Waals surface area contributed by atoms with Crippen molar-refractivity contribution in [2.45, 2.75) is 32.6 Å². The van der Waals surface area contributed by atoms with Crippen molar-refractivity contribution in [1.82, 2.24) is 4.90 Å². The molecule has 0 radical (unpaired) electrons. The van der Waals surface area contributed by atoms with Gasteiger partial charge < -0.3 is 9.64 Å². The third-order valence-electron chi connectivity index (χ3n) is 3.99. The van der Waals surface area contributed by atoms with Crippen molar-refractivity contribution in [3.63, 3.8) is 0 Å². The van der Waals surface area contributed by atoms with Crippen LogP contribution in [0, 0.1) is 5.92 Å². The molecule has 0 aromatic heterocycles. The number of ether oxygens (including phenoxy) is 1. The Balaban J connectivity index is 1.85. The molecule has 1 saturated heterocycles. The number of hydrogen-bond acceptors (Lipinski definition) is 4. The Kier molecular flexibility index (Phi) is 5.51. The number of Topliss-reactive ketones (excluding diaryl/α,β-unsaturated/α-hetero) is 1. The number of ketones is 1. The number of rotatable bonds is 5. The molecule has 0 amide bonds. The zero-order valence-electron chi connectivity index (χ0n) is 12.8. The van der Waals surface area contributed by atoms with Crippen LogP contribution in [0.15, 0.2) is 24.3 Å². The summed E-state index contributed by atoms with van der Waals surface area (Å²) in [5.74, 6) is 0.806. The van der Waals surface area contributed by atoms with Gasteiger partial charge in [-0.25, -0.2) is 0 Å². The van der Waals surface area contributed by atoms with Crippen LogP contribution in [0.1, 0.15) is 31.7 Å². The van der Waals surface area contributed by atoms with Crippen molar-refractivity contribution < 1.29 is 14.3 Å². The van der Waals surface area contributed by atoms with E-state index in [-0.39, 0.29) is 11.9 Å². The molecule has 0 bridgehead atoms. The van der Waals surface area contributed by atoms with Crippen molar-refractivity contribution in [3.8, 4) is 5.75 Å². The fourth-order valence-electron chi connectivity index (χ4n) is 2.73. The van der Waals surface area contributed by atoms with Crippen molar-refractivity contribution in [1.29, 1.82) is 0 Å². The Morgan fingerprint density at radius 3 is 2.67 bits per heavy atom. The lowest BCUT2D eigenvalue weighted by Gasteiger charge is -2.28. The molecular formula is C17H23NO3. The lowest BCUT2D eigenvalue weighted by atomic mass is 9.90. The molecule has 1 aromatic rings. The van der Waals surface area contributed by atoms with Gasteiger partial charge in [0.1, 0.15) is 11.5 Å². The molecule has 1 heterocycles. The van der Waals surface area contributed by atoms with E-state index >= 15 is 0 Å². The highest BCUT2D eigenvalue weighted by Gasteiger charge is 2.22. The van der Waals surface area contributed by atoms with Gasteiger partial charge in [0.2, 0.25) is 0 Å². The van der Waals surface area contributed by atoms with Gasteiger partial charge in [-0.05, 0) is 57.1 Å². The lowest BCUT2D eigenvalue weighted by molar-refractivity contribution is -0.132. The highest BCUT2D eigenvalue weighted by atomic mass is 16.5. The molecule has 1 fully saturated rings. The molecule has 0 aliphatic carbocycles. The zero-order chi connectivity index (χ0) is 15.2. The van der Waals surface area contributed by atoms with Gasteiger partial charge in [0.25, 0.3) is 0 Å². The number of aryl methyl sites for hydroxylation is 1. The van der Waals surface area contributed by atoms with E-state index in [1.165, 1.54) is 6.92 Å². The number of likely N-dealkylation sites (tertiary alicyclic amines) is 1. The van der Waals surface area contributed by atoms with Gasteiger partial charge in [-0.1, -0.05) is 12.1 Å². The monoisotopic (exact) mass is 289 g/mol. The minimum atomic E-state index is -0.324. The first-order valence-electron chi connectivity index (χ1n) is 7.53. The molecule has 0 saturated carbocycles. The minimum Gasteiger partial charge on any atom is -0.427 e. The van der Waals surface area contributed by atoms with Crippen LogP contribution in [0.4, 0.5) is 0 Å². The Morgan fingerprint density at radius 2 is 2.00 bits per heavy atom. The summed E-state index contributed by atoms with van der Waals surface area (Å²) in [4.78, 5) is 25.5. The highest BCUT2D eigenvalue weighted by Crippen LogP contribution is 2.20. The smallest absolute Gasteiger partial charge is 0.308 e. The van der Waals surface area contributed by atoms with Crippen LogP contribution in [-0.4, -0.2) is 36.8 Å². The molecule has 4 heteroatoms. The van der Waals surface area contributed by atoms with E-state index < -0.39 is 0 Å². The quantitative estimate of drug-likeness (QED) is 0.617. The number of piperidine rings is 1. The van der Waals surface area contributed by atoms with E-state index in [1.807, 2.05) is 18.2 Å². The number of carbonyl (C=O) groups is 2. The number of esters is 1. The molecule has 0 atom stereocenters. The van der Waals surface area contributed by atoms with Gasteiger partial charge >= 0.3 is 5.97 Å². The Bertz CT molecular complexity index is 505. The Labute approximate surface area is 126 Å². The van der Waals surface area contributed by atoms with Gasteiger partial charge in [-0.15, -0.1) is 0 Å². The van der Waals surface area contributed by atoms with Gasteiger partial charge in [0.15, 0.2) is 0 Å². The number of benzene rings is 1. The summed E-state index contributed by atoms with van der Waals surface area (Å²) in [7, 11) is 2.10. The molecule has 114 valence electrons. The summed E-state index contributed by atoms with van der Waals surface area (Å²) in [6, 6.07) is 7.41. The summed E-state index contributed by atoms with van der Waals surface area (Å²) >= 11 is 0. The molecule has 1 aliphatic rings. The van der Waals surface area contributed by atoms with Crippen LogP contribution in [0.3, 0.4) is 0 Å². The largest absolute Gasteiger partial charge is 0.427 e. The van der Waals surface area contributed by atoms with E-state index in [1.54, 1.807) is 6.07 Å². The first-order chi connectivity index (χ1) is 10.0. The van der Waals surface area contributed by atoms with Gasteiger partial charge in [0.05, 0.1) is 0 Å². The topological polar surface area (TPSA) is 46.6 Å². The summed E-state index contributed by atoms with van der Waals surface area (Å²) in [6.07, 6.45) is 3.23. The van der Waals surface area contributed by atoms with E-state index in [0.29, 0.717) is 24.4 Å². The first kappa shape index (κ1) is 15.7. The second kappa shape index (κ2) is 7.36. The average Bonchev–Trinajstić information content (AvgIpc) is 2.45. The van der Waals surface area contributed by atoms with Gasteiger partial charge in [-0.3, -0.25) is 9.59 Å². The van der Waals surface area contributed by atoms with E-state index in [2.05, 4.69) is 11.9 Å². The summed E-state index contributed by atoms with van der Waals surface area (Å²) in [5, 5.41) is 0. The molecule has 1 aromatic carbocycles. The third kappa shape index (κ3) is 4.97. The van der Waals surface area contributed by atoms with Crippen LogP contribution >= 0.6 is 0 Å². The van der Waals surface area contributed by atoms with Crippen LogP contribution < -0.4 is 4.74 Å². The predicted octanol–water partition coefficient (Wildman–Crippen LogP) is 2.46. The van der Waals surface area contributed by atoms with Crippen molar-refractivity contribution in [3.05, 3.63) is 29.8 Å². The molecule has 0 N–H and O–H groups in total.